The molecule has 246 valence electrons. The summed E-state index contributed by atoms with van der Waals surface area (Å²) in [4.78, 5) is 27.7. The zero-order chi connectivity index (χ0) is 34.6. The molecule has 9 nitrogen and oxygen atoms in total. The van der Waals surface area contributed by atoms with Gasteiger partial charge in [-0.3, -0.25) is 14.7 Å². The first-order chi connectivity index (χ1) is 22.2. The molecule has 2 aliphatic rings. The van der Waals surface area contributed by atoms with Crippen LogP contribution in [0.2, 0.25) is 25.1 Å². The van der Waals surface area contributed by atoms with Crippen molar-refractivity contribution >= 4 is 86.8 Å². The van der Waals surface area contributed by atoms with Crippen LogP contribution in [0.25, 0.3) is 17.0 Å². The van der Waals surface area contributed by atoms with Crippen molar-refractivity contribution in [3.8, 4) is 17.3 Å². The number of aliphatic hydroxyl groups excluding tert-OH is 1. The first-order valence-corrected chi connectivity index (χ1v) is 16.6. The molecule has 4 heterocycles. The molecule has 1 unspecified atom stereocenters. The summed E-state index contributed by atoms with van der Waals surface area (Å²) in [5, 5.41) is 22.9. The molecule has 14 heteroatoms. The average molecular weight is 736 g/mol. The van der Waals surface area contributed by atoms with Crippen molar-refractivity contribution in [3.05, 3.63) is 78.5 Å². The Kier molecular flexibility index (Phi) is 9.96. The molecule has 0 aliphatic carbocycles. The van der Waals surface area contributed by atoms with Gasteiger partial charge in [0.25, 0.3) is 0 Å². The van der Waals surface area contributed by atoms with Gasteiger partial charge in [-0.25, -0.2) is 4.98 Å². The molecular weight excluding hydrogens is 704 g/mol. The zero-order valence-corrected chi connectivity index (χ0v) is 30.0. The van der Waals surface area contributed by atoms with Gasteiger partial charge in [0.05, 0.1) is 53.6 Å². The molecule has 0 radical (unpaired) electrons. The molecule has 0 bridgehead atoms. The molecular formula is C33H32Cl5N7O2. The number of hydrogen-bond acceptors (Lipinski definition) is 8. The molecule has 1 saturated heterocycles. The molecule has 3 aromatic rings. The molecule has 1 amide bonds. The number of nitrogen functional groups attached to an aromatic ring is 1. The van der Waals surface area contributed by atoms with E-state index in [0.717, 1.165) is 5.56 Å². The molecule has 3 N–H and O–H groups in total. The number of pyridine rings is 2. The van der Waals surface area contributed by atoms with Crippen LogP contribution in [0.15, 0.2) is 36.6 Å². The molecule has 5 rings (SSSR count). The minimum atomic E-state index is -1.48. The quantitative estimate of drug-likeness (QED) is 0.116. The van der Waals surface area contributed by atoms with Gasteiger partial charge in [0.15, 0.2) is 6.23 Å². The van der Waals surface area contributed by atoms with Gasteiger partial charge in [0.2, 0.25) is 5.91 Å². The lowest BCUT2D eigenvalue weighted by Gasteiger charge is -2.48. The van der Waals surface area contributed by atoms with E-state index < -0.39 is 6.23 Å². The highest BCUT2D eigenvalue weighted by Gasteiger charge is 2.42. The van der Waals surface area contributed by atoms with Gasteiger partial charge in [-0.2, -0.15) is 5.26 Å². The lowest BCUT2D eigenvalue weighted by Crippen LogP contribution is -2.58. The van der Waals surface area contributed by atoms with Crippen LogP contribution in [0, 0.1) is 18.3 Å². The Morgan fingerprint density at radius 1 is 1.13 bits per heavy atom. The SMILES string of the molecule is C=CC(=O)N1[C@H](C)CN(C2=C(C#N)C(O)N(c3c(C)ccnc3C(C)C)c3nc(-c4c(N)c(Cl)c(Cl)c(Cl)c4Cl)c(Cl)cc32)C[C@@H]1C. The van der Waals surface area contributed by atoms with Gasteiger partial charge in [-0.1, -0.05) is 78.4 Å². The van der Waals surface area contributed by atoms with Crippen molar-refractivity contribution in [1.29, 1.82) is 5.26 Å². The Bertz CT molecular complexity index is 1850. The Labute approximate surface area is 298 Å². The number of carbonyl (C=O) groups is 1. The highest BCUT2D eigenvalue weighted by atomic mass is 35.5. The molecule has 2 aliphatic heterocycles. The summed E-state index contributed by atoms with van der Waals surface area (Å²) < 4.78 is 0. The molecule has 1 fully saturated rings. The molecule has 3 atom stereocenters. The summed E-state index contributed by atoms with van der Waals surface area (Å²) in [5.41, 5.74) is 9.80. The Hall–Kier alpha value is -3.23. The first kappa shape index (κ1) is 35.1. The van der Waals surface area contributed by atoms with E-state index in [1.54, 1.807) is 22.1 Å². The van der Waals surface area contributed by atoms with E-state index in [9.17, 15) is 15.2 Å². The van der Waals surface area contributed by atoms with Gasteiger partial charge in [0.1, 0.15) is 17.5 Å². The normalized spacial score (nSPS) is 19.6. The van der Waals surface area contributed by atoms with Crippen LogP contribution >= 0.6 is 58.0 Å². The number of rotatable bonds is 5. The highest BCUT2D eigenvalue weighted by molar-refractivity contribution is 6.54. The topological polar surface area (TPSA) is 123 Å². The van der Waals surface area contributed by atoms with E-state index in [4.69, 9.17) is 68.7 Å². The number of hydrogen-bond donors (Lipinski definition) is 2. The number of anilines is 3. The number of fused-ring (bicyclic) bond motifs is 1. The van der Waals surface area contributed by atoms with Crippen molar-refractivity contribution < 1.29 is 9.90 Å². The van der Waals surface area contributed by atoms with Gasteiger partial charge in [-0.05, 0) is 50.5 Å². The van der Waals surface area contributed by atoms with E-state index >= 15 is 0 Å². The van der Waals surface area contributed by atoms with E-state index in [0.29, 0.717) is 35.7 Å². The number of nitrogens with zero attached hydrogens (tertiary/aromatic N) is 6. The van der Waals surface area contributed by atoms with Gasteiger partial charge in [-0.15, -0.1) is 0 Å². The Balaban J connectivity index is 1.84. The van der Waals surface area contributed by atoms with Crippen LogP contribution < -0.4 is 10.6 Å². The summed E-state index contributed by atoms with van der Waals surface area (Å²) >= 11 is 32.9. The van der Waals surface area contributed by atoms with Crippen molar-refractivity contribution in [1.82, 2.24) is 19.8 Å². The maximum atomic E-state index is 12.7. The van der Waals surface area contributed by atoms with Crippen LogP contribution in [0.1, 0.15) is 50.4 Å². The third-order valence-electron chi connectivity index (χ3n) is 8.46. The minimum Gasteiger partial charge on any atom is -0.397 e. The van der Waals surface area contributed by atoms with Crippen molar-refractivity contribution in [3.63, 3.8) is 0 Å². The number of aryl methyl sites for hydroxylation is 1. The maximum absolute atomic E-state index is 12.7. The third kappa shape index (κ3) is 5.79. The lowest BCUT2D eigenvalue weighted by molar-refractivity contribution is -0.132. The monoisotopic (exact) mass is 733 g/mol. The second-order valence-electron chi connectivity index (χ2n) is 11.9. The van der Waals surface area contributed by atoms with E-state index in [2.05, 4.69) is 17.6 Å². The molecule has 0 saturated carbocycles. The number of aliphatic hydroxyl groups is 1. The molecule has 1 aromatic carbocycles. The second kappa shape index (κ2) is 13.3. The smallest absolute Gasteiger partial charge is 0.246 e. The van der Waals surface area contributed by atoms with Gasteiger partial charge >= 0.3 is 0 Å². The Morgan fingerprint density at radius 3 is 2.32 bits per heavy atom. The number of piperazine rings is 1. The molecule has 0 spiro atoms. The van der Waals surface area contributed by atoms with Gasteiger partial charge in [0, 0.05) is 42.5 Å². The number of halogens is 5. The summed E-state index contributed by atoms with van der Waals surface area (Å²) in [6, 6.07) is 5.25. The Morgan fingerprint density at radius 2 is 1.74 bits per heavy atom. The summed E-state index contributed by atoms with van der Waals surface area (Å²) in [7, 11) is 0. The second-order valence-corrected chi connectivity index (χ2v) is 13.8. The summed E-state index contributed by atoms with van der Waals surface area (Å²) in [6.07, 6.45) is 1.51. The standard InChI is InChI=1S/C33H32Cl5N7O2/c1-7-21(46)44-16(5)12-43(13-17(44)6)31-18-10-20(34)29(22-23(35)24(36)25(37)26(38)27(22)40)42-32(18)45(33(47)19(31)11-39)30-15(4)8-9-41-28(30)14(2)3/h7-10,14,16-17,33,47H,1,12-13,40H2,2-6H3/t16-,17+,33?. The van der Waals surface area contributed by atoms with Crippen molar-refractivity contribution in [2.24, 2.45) is 0 Å². The number of nitriles is 1. The number of amides is 1. The van der Waals surface area contributed by atoms with Crippen LogP contribution in [-0.4, -0.2) is 62.2 Å². The van der Waals surface area contributed by atoms with Crippen molar-refractivity contribution in [2.45, 2.75) is 58.8 Å². The first-order valence-electron chi connectivity index (χ1n) is 14.7. The number of benzene rings is 1. The largest absolute Gasteiger partial charge is 0.397 e. The van der Waals surface area contributed by atoms with Crippen molar-refractivity contribution in [2.75, 3.05) is 23.7 Å². The maximum Gasteiger partial charge on any atom is 0.246 e. The fourth-order valence-electron chi connectivity index (χ4n) is 6.44. The predicted octanol–water partition coefficient (Wildman–Crippen LogP) is 8.24. The zero-order valence-electron chi connectivity index (χ0n) is 26.2. The fourth-order valence-corrected chi connectivity index (χ4v) is 7.64. The number of aromatic nitrogens is 2. The number of carbonyl (C=O) groups excluding carboxylic acids is 1. The van der Waals surface area contributed by atoms with E-state index in [-0.39, 0.29) is 77.4 Å². The average Bonchev–Trinajstić information content (AvgIpc) is 3.02. The molecule has 2 aromatic heterocycles. The van der Waals surface area contributed by atoms with E-state index in [1.165, 1.54) is 6.08 Å². The van der Waals surface area contributed by atoms with E-state index in [1.807, 2.05) is 45.6 Å². The van der Waals surface area contributed by atoms with Crippen LogP contribution in [0.5, 0.6) is 0 Å². The third-order valence-corrected chi connectivity index (χ3v) is 10.6. The molecule has 47 heavy (non-hydrogen) atoms. The van der Waals surface area contributed by atoms with Crippen LogP contribution in [0.3, 0.4) is 0 Å². The predicted molar refractivity (Wildman–Crippen MR) is 190 cm³/mol. The lowest BCUT2D eigenvalue weighted by atomic mass is 9.94. The number of nitrogens with two attached hydrogens (primary N) is 1. The van der Waals surface area contributed by atoms with Crippen LogP contribution in [0.4, 0.5) is 17.2 Å². The fraction of sp³-hybridized carbons (Fsp3) is 0.333. The summed E-state index contributed by atoms with van der Waals surface area (Å²) in [5.74, 6) is 0.0256. The highest BCUT2D eigenvalue weighted by Crippen LogP contribution is 2.52. The van der Waals surface area contributed by atoms with Gasteiger partial charge < -0.3 is 20.6 Å². The van der Waals surface area contributed by atoms with Crippen LogP contribution in [-0.2, 0) is 4.79 Å². The summed E-state index contributed by atoms with van der Waals surface area (Å²) in [6.45, 7) is 14.1. The minimum absolute atomic E-state index is 0.00427.